The van der Waals surface area contributed by atoms with Gasteiger partial charge in [-0.3, -0.25) is 9.59 Å². The van der Waals surface area contributed by atoms with Crippen LogP contribution in [0.3, 0.4) is 0 Å². The Morgan fingerprint density at radius 1 is 1.04 bits per heavy atom. The van der Waals surface area contributed by atoms with E-state index in [1.54, 1.807) is 14.2 Å². The van der Waals surface area contributed by atoms with Crippen LogP contribution in [-0.2, 0) is 16.0 Å². The zero-order valence-corrected chi connectivity index (χ0v) is 15.8. The Bertz CT molecular complexity index is 551. The molecule has 1 aromatic rings. The van der Waals surface area contributed by atoms with E-state index in [0.717, 1.165) is 37.2 Å². The molecule has 1 heterocycles. The Kier molecular flexibility index (Phi) is 9.31. The molecular weight excluding hydrogens is 342 g/mol. The van der Waals surface area contributed by atoms with Crippen LogP contribution in [0.5, 0.6) is 5.75 Å². The number of benzene rings is 1. The highest BCUT2D eigenvalue weighted by atomic mass is 35.5. The van der Waals surface area contributed by atoms with E-state index >= 15 is 0 Å². The second-order valence-corrected chi connectivity index (χ2v) is 5.99. The second-order valence-electron chi connectivity index (χ2n) is 5.99. The molecule has 2 amide bonds. The summed E-state index contributed by atoms with van der Waals surface area (Å²) in [6.07, 6.45) is 2.06. The van der Waals surface area contributed by atoms with Gasteiger partial charge in [0.05, 0.1) is 13.7 Å². The lowest BCUT2D eigenvalue weighted by molar-refractivity contribution is -0.133. The van der Waals surface area contributed by atoms with Crippen LogP contribution in [0.4, 0.5) is 0 Å². The maximum absolute atomic E-state index is 12.4. The summed E-state index contributed by atoms with van der Waals surface area (Å²) in [6, 6.07) is 7.81. The van der Waals surface area contributed by atoms with Crippen molar-refractivity contribution in [3.8, 4) is 5.75 Å². The minimum absolute atomic E-state index is 0. The van der Waals surface area contributed by atoms with Crippen molar-refractivity contribution in [1.29, 1.82) is 0 Å². The molecule has 0 spiro atoms. The summed E-state index contributed by atoms with van der Waals surface area (Å²) >= 11 is 0. The fraction of sp³-hybridized carbons (Fsp3) is 0.556. The molecule has 0 saturated carbocycles. The van der Waals surface area contributed by atoms with Gasteiger partial charge in [0, 0.05) is 32.6 Å². The Morgan fingerprint density at radius 3 is 2.20 bits per heavy atom. The molecule has 0 bridgehead atoms. The van der Waals surface area contributed by atoms with Crippen LogP contribution >= 0.6 is 12.4 Å². The fourth-order valence-corrected chi connectivity index (χ4v) is 2.88. The van der Waals surface area contributed by atoms with Gasteiger partial charge in [-0.05, 0) is 37.6 Å². The molecule has 0 aliphatic carbocycles. The number of nitrogens with zero attached hydrogens (tertiary/aromatic N) is 2. The topological polar surface area (TPSA) is 61.9 Å². The molecule has 1 aromatic carbocycles. The van der Waals surface area contributed by atoms with Crippen LogP contribution < -0.4 is 10.1 Å². The van der Waals surface area contributed by atoms with Crippen LogP contribution in [0.1, 0.15) is 18.4 Å². The molecule has 25 heavy (non-hydrogen) atoms. The first-order valence-corrected chi connectivity index (χ1v) is 8.47. The fourth-order valence-electron chi connectivity index (χ4n) is 2.88. The van der Waals surface area contributed by atoms with Crippen LogP contribution in [0, 0.1) is 0 Å². The molecule has 0 aromatic heterocycles. The third kappa shape index (κ3) is 6.55. The van der Waals surface area contributed by atoms with Crippen molar-refractivity contribution in [2.45, 2.75) is 19.3 Å². The molecule has 7 heteroatoms. The number of hydrogen-bond donors (Lipinski definition) is 1. The van der Waals surface area contributed by atoms with Gasteiger partial charge in [-0.25, -0.2) is 0 Å². The molecular formula is C18H28ClN3O3. The van der Waals surface area contributed by atoms with Gasteiger partial charge >= 0.3 is 0 Å². The number of halogens is 1. The van der Waals surface area contributed by atoms with E-state index in [9.17, 15) is 9.59 Å². The molecule has 1 saturated heterocycles. The molecule has 1 aliphatic rings. The zero-order valence-electron chi connectivity index (χ0n) is 15.0. The van der Waals surface area contributed by atoms with Crippen LogP contribution in [-0.4, -0.2) is 68.5 Å². The van der Waals surface area contributed by atoms with E-state index in [4.69, 9.17) is 4.74 Å². The number of likely N-dealkylation sites (N-methyl/N-ethyl adjacent to an activating group) is 1. The van der Waals surface area contributed by atoms with Crippen LogP contribution in [0.2, 0.25) is 0 Å². The Hall–Kier alpha value is -1.79. The zero-order chi connectivity index (χ0) is 17.4. The summed E-state index contributed by atoms with van der Waals surface area (Å²) in [4.78, 5) is 28.1. The number of rotatable bonds is 6. The highest BCUT2D eigenvalue weighted by Gasteiger charge is 2.21. The maximum Gasteiger partial charge on any atom is 0.236 e. The van der Waals surface area contributed by atoms with E-state index in [1.165, 1.54) is 0 Å². The third-order valence-corrected chi connectivity index (χ3v) is 4.32. The Labute approximate surface area is 155 Å². The number of hydrogen-bond acceptors (Lipinski definition) is 4. The minimum Gasteiger partial charge on any atom is -0.497 e. The third-order valence-electron chi connectivity index (χ3n) is 4.32. The van der Waals surface area contributed by atoms with E-state index in [2.05, 4.69) is 5.32 Å². The Balaban J connectivity index is 0.00000312. The van der Waals surface area contributed by atoms with Crippen molar-refractivity contribution < 1.29 is 14.3 Å². The molecule has 2 rings (SSSR count). The second kappa shape index (κ2) is 10.9. The smallest absolute Gasteiger partial charge is 0.236 e. The molecule has 1 N–H and O–H groups in total. The van der Waals surface area contributed by atoms with E-state index in [0.29, 0.717) is 26.1 Å². The molecule has 0 radical (unpaired) electrons. The van der Waals surface area contributed by atoms with Crippen molar-refractivity contribution >= 4 is 24.2 Å². The SMILES string of the molecule is CNCC(=O)N1CCCN(C(=O)CCc2ccc(OC)cc2)CC1.Cl. The van der Waals surface area contributed by atoms with Gasteiger partial charge in [0.15, 0.2) is 0 Å². The average Bonchev–Trinajstić information content (AvgIpc) is 2.86. The number of ether oxygens (including phenoxy) is 1. The molecule has 6 nitrogen and oxygen atoms in total. The van der Waals surface area contributed by atoms with Crippen molar-refractivity contribution in [3.05, 3.63) is 29.8 Å². The van der Waals surface area contributed by atoms with Crippen molar-refractivity contribution in [1.82, 2.24) is 15.1 Å². The van der Waals surface area contributed by atoms with Gasteiger partial charge in [0.1, 0.15) is 5.75 Å². The highest BCUT2D eigenvalue weighted by Crippen LogP contribution is 2.13. The lowest BCUT2D eigenvalue weighted by Gasteiger charge is -2.22. The van der Waals surface area contributed by atoms with E-state index < -0.39 is 0 Å². The normalized spacial score (nSPS) is 14.5. The summed E-state index contributed by atoms with van der Waals surface area (Å²) < 4.78 is 5.14. The van der Waals surface area contributed by atoms with Crippen LogP contribution in [0.15, 0.2) is 24.3 Å². The molecule has 140 valence electrons. The number of amides is 2. The maximum atomic E-state index is 12.4. The number of carbonyl (C=O) groups is 2. The monoisotopic (exact) mass is 369 g/mol. The van der Waals surface area contributed by atoms with Gasteiger partial charge in [0.25, 0.3) is 0 Å². The molecule has 1 aliphatic heterocycles. The first-order chi connectivity index (χ1) is 11.6. The first kappa shape index (κ1) is 21.3. The number of methoxy groups -OCH3 is 1. The van der Waals surface area contributed by atoms with Gasteiger partial charge < -0.3 is 19.9 Å². The van der Waals surface area contributed by atoms with Gasteiger partial charge in [0.2, 0.25) is 11.8 Å². The minimum atomic E-state index is 0. The number of carbonyl (C=O) groups excluding carboxylic acids is 2. The first-order valence-electron chi connectivity index (χ1n) is 8.47. The quantitative estimate of drug-likeness (QED) is 0.821. The average molecular weight is 370 g/mol. The summed E-state index contributed by atoms with van der Waals surface area (Å²) in [5.41, 5.74) is 1.13. The number of aryl methyl sites for hydroxylation is 1. The largest absolute Gasteiger partial charge is 0.497 e. The van der Waals surface area contributed by atoms with Crippen LogP contribution in [0.25, 0.3) is 0 Å². The Morgan fingerprint density at radius 2 is 1.64 bits per heavy atom. The van der Waals surface area contributed by atoms with Gasteiger partial charge in [-0.1, -0.05) is 12.1 Å². The van der Waals surface area contributed by atoms with Crippen molar-refractivity contribution in [2.75, 3.05) is 46.9 Å². The molecule has 1 fully saturated rings. The summed E-state index contributed by atoms with van der Waals surface area (Å²) in [6.45, 7) is 3.05. The van der Waals surface area contributed by atoms with E-state index in [1.807, 2.05) is 34.1 Å². The van der Waals surface area contributed by atoms with E-state index in [-0.39, 0.29) is 24.2 Å². The number of nitrogens with one attached hydrogen (secondary N) is 1. The lowest BCUT2D eigenvalue weighted by atomic mass is 10.1. The standard InChI is InChI=1S/C18H27N3O3.ClH/c1-19-14-18(23)21-11-3-10-20(12-13-21)17(22)9-6-15-4-7-16(24-2)8-5-15;/h4-5,7-8,19H,3,6,9-14H2,1-2H3;1H. The molecule has 0 atom stereocenters. The van der Waals surface area contributed by atoms with Crippen molar-refractivity contribution in [2.24, 2.45) is 0 Å². The molecule has 0 unspecified atom stereocenters. The summed E-state index contributed by atoms with van der Waals surface area (Å²) in [5.74, 6) is 1.09. The van der Waals surface area contributed by atoms with Crippen molar-refractivity contribution in [3.63, 3.8) is 0 Å². The predicted molar refractivity (Wildman–Crippen MR) is 100 cm³/mol. The predicted octanol–water partition coefficient (Wildman–Crippen LogP) is 1.33. The summed E-state index contributed by atoms with van der Waals surface area (Å²) in [7, 11) is 3.41. The lowest BCUT2D eigenvalue weighted by Crippen LogP contribution is -2.40. The highest BCUT2D eigenvalue weighted by molar-refractivity contribution is 5.85. The summed E-state index contributed by atoms with van der Waals surface area (Å²) in [5, 5.41) is 2.89. The van der Waals surface area contributed by atoms with Gasteiger partial charge in [-0.2, -0.15) is 0 Å². The van der Waals surface area contributed by atoms with Gasteiger partial charge in [-0.15, -0.1) is 12.4 Å².